The quantitative estimate of drug-likeness (QED) is 0.872. The van der Waals surface area contributed by atoms with Crippen molar-refractivity contribution in [1.29, 1.82) is 0 Å². The van der Waals surface area contributed by atoms with Crippen molar-refractivity contribution in [3.8, 4) is 0 Å². The molecule has 7 heteroatoms. The summed E-state index contributed by atoms with van der Waals surface area (Å²) in [4.78, 5) is 11.8. The Morgan fingerprint density at radius 3 is 3.17 bits per heavy atom. The number of nitrogens with zero attached hydrogens (tertiary/aromatic N) is 2. The number of aliphatic hydroxyl groups excluding tert-OH is 1. The second-order valence-corrected chi connectivity index (χ2v) is 5.71. The van der Waals surface area contributed by atoms with Crippen molar-refractivity contribution in [2.45, 2.75) is 25.4 Å². The van der Waals surface area contributed by atoms with Gasteiger partial charge in [0, 0.05) is 11.8 Å². The summed E-state index contributed by atoms with van der Waals surface area (Å²) in [5.74, 6) is 2.22. The van der Waals surface area contributed by atoms with E-state index in [0.717, 1.165) is 12.2 Å². The molecule has 1 aromatic heterocycles. The summed E-state index contributed by atoms with van der Waals surface area (Å²) in [5, 5.41) is 16.2. The number of nitrogens with one attached hydrogen (secondary N) is 1. The smallest absolute Gasteiger partial charge is 0.287 e. The maximum atomic E-state index is 11.8. The molecule has 100 valence electrons. The molecule has 2 heterocycles. The normalized spacial score (nSPS) is 19.8. The van der Waals surface area contributed by atoms with Crippen LogP contribution in [0.1, 0.15) is 12.8 Å². The van der Waals surface area contributed by atoms with Gasteiger partial charge in [-0.15, -0.1) is 0 Å². The molecule has 1 aromatic rings. The molecule has 1 aliphatic heterocycles. The first-order chi connectivity index (χ1) is 8.72. The Labute approximate surface area is 115 Å². The third-order valence-corrected chi connectivity index (χ3v) is 4.40. The molecular weight excluding hydrogens is 274 g/mol. The van der Waals surface area contributed by atoms with E-state index in [-0.39, 0.29) is 23.7 Å². The second kappa shape index (κ2) is 6.45. The van der Waals surface area contributed by atoms with Gasteiger partial charge in [0.2, 0.25) is 0 Å². The zero-order chi connectivity index (χ0) is 13.0. The highest BCUT2D eigenvalue weighted by Crippen LogP contribution is 2.23. The Hall–Kier alpha value is -0.720. The molecular formula is C11H16ClN3O2S. The Morgan fingerprint density at radius 2 is 2.50 bits per heavy atom. The van der Waals surface area contributed by atoms with Crippen LogP contribution in [0.25, 0.3) is 0 Å². The van der Waals surface area contributed by atoms with Gasteiger partial charge in [-0.05, 0) is 18.6 Å². The minimum Gasteiger partial charge on any atom is -0.394 e. The number of hydrogen-bond acceptors (Lipinski definition) is 5. The average Bonchev–Trinajstić information content (AvgIpc) is 2.40. The molecule has 5 nitrogen and oxygen atoms in total. The highest BCUT2D eigenvalue weighted by Gasteiger charge is 2.16. The summed E-state index contributed by atoms with van der Waals surface area (Å²) in [5.41, 5.74) is 0.225. The van der Waals surface area contributed by atoms with Crippen LogP contribution in [0.15, 0.2) is 11.0 Å². The maximum absolute atomic E-state index is 11.8. The van der Waals surface area contributed by atoms with Crippen molar-refractivity contribution in [1.82, 2.24) is 9.78 Å². The van der Waals surface area contributed by atoms with Crippen molar-refractivity contribution >= 4 is 29.1 Å². The lowest BCUT2D eigenvalue weighted by Gasteiger charge is -2.23. The summed E-state index contributed by atoms with van der Waals surface area (Å²) >= 11 is 7.93. The lowest BCUT2D eigenvalue weighted by Crippen LogP contribution is -2.29. The SMILES string of the molecule is O=c1c(Cl)c(NC2CCCSC2)cnn1CCO. The Kier molecular flexibility index (Phi) is 4.91. The Morgan fingerprint density at radius 1 is 1.67 bits per heavy atom. The highest BCUT2D eigenvalue weighted by atomic mass is 35.5. The van der Waals surface area contributed by atoms with E-state index < -0.39 is 0 Å². The fourth-order valence-electron chi connectivity index (χ4n) is 1.89. The number of halogens is 1. The number of hydrogen-bond donors (Lipinski definition) is 2. The molecule has 0 aliphatic carbocycles. The first kappa shape index (κ1) is 13.7. The molecule has 0 saturated carbocycles. The van der Waals surface area contributed by atoms with Gasteiger partial charge in [0.1, 0.15) is 5.02 Å². The van der Waals surface area contributed by atoms with Crippen molar-refractivity contribution in [2.24, 2.45) is 0 Å². The summed E-state index contributed by atoms with van der Waals surface area (Å²) in [6.07, 6.45) is 3.82. The first-order valence-corrected chi connectivity index (χ1v) is 7.46. The van der Waals surface area contributed by atoms with Crippen molar-refractivity contribution in [3.63, 3.8) is 0 Å². The minimum atomic E-state index is -0.362. The van der Waals surface area contributed by atoms with Gasteiger partial charge in [-0.1, -0.05) is 11.6 Å². The number of anilines is 1. The molecule has 2 N–H and O–H groups in total. The van der Waals surface area contributed by atoms with Crippen LogP contribution in [0.2, 0.25) is 5.02 Å². The van der Waals surface area contributed by atoms with Crippen LogP contribution < -0.4 is 10.9 Å². The lowest BCUT2D eigenvalue weighted by molar-refractivity contribution is 0.266. The van der Waals surface area contributed by atoms with Crippen LogP contribution in [-0.2, 0) is 6.54 Å². The molecule has 18 heavy (non-hydrogen) atoms. The lowest BCUT2D eigenvalue weighted by atomic mass is 10.2. The predicted molar refractivity (Wildman–Crippen MR) is 74.6 cm³/mol. The van der Waals surface area contributed by atoms with Gasteiger partial charge >= 0.3 is 0 Å². The molecule has 2 rings (SSSR count). The zero-order valence-corrected chi connectivity index (χ0v) is 11.5. The second-order valence-electron chi connectivity index (χ2n) is 4.18. The summed E-state index contributed by atoms with van der Waals surface area (Å²) in [6.45, 7) is 0.0351. The van der Waals surface area contributed by atoms with E-state index >= 15 is 0 Å². The molecule has 0 aromatic carbocycles. The third kappa shape index (κ3) is 3.18. The van der Waals surface area contributed by atoms with Crippen LogP contribution in [0.5, 0.6) is 0 Å². The van der Waals surface area contributed by atoms with Crippen LogP contribution in [0, 0.1) is 0 Å². The van der Waals surface area contributed by atoms with E-state index in [1.54, 1.807) is 6.20 Å². The molecule has 0 bridgehead atoms. The standard InChI is InChI=1S/C11H16ClN3O2S/c12-10-9(14-8-2-1-5-18-7-8)6-13-15(3-4-16)11(10)17/h6,8,14,16H,1-5,7H2. The minimum absolute atomic E-state index is 0.130. The van der Waals surface area contributed by atoms with Crippen LogP contribution in [0.3, 0.4) is 0 Å². The monoisotopic (exact) mass is 289 g/mol. The van der Waals surface area contributed by atoms with E-state index in [1.807, 2.05) is 11.8 Å². The van der Waals surface area contributed by atoms with Crippen molar-refractivity contribution in [2.75, 3.05) is 23.4 Å². The maximum Gasteiger partial charge on any atom is 0.287 e. The predicted octanol–water partition coefficient (Wildman–Crippen LogP) is 1.20. The van der Waals surface area contributed by atoms with Gasteiger partial charge in [-0.25, -0.2) is 4.68 Å². The van der Waals surface area contributed by atoms with Crippen molar-refractivity contribution < 1.29 is 5.11 Å². The Balaban J connectivity index is 2.13. The molecule has 1 atom stereocenters. The molecule has 1 saturated heterocycles. The zero-order valence-electron chi connectivity index (χ0n) is 9.93. The van der Waals surface area contributed by atoms with Gasteiger partial charge in [-0.2, -0.15) is 16.9 Å². The highest BCUT2D eigenvalue weighted by molar-refractivity contribution is 7.99. The average molecular weight is 290 g/mol. The summed E-state index contributed by atoms with van der Waals surface area (Å²) in [7, 11) is 0. The van der Waals surface area contributed by atoms with Crippen LogP contribution >= 0.6 is 23.4 Å². The molecule has 0 amide bonds. The fraction of sp³-hybridized carbons (Fsp3) is 0.636. The van der Waals surface area contributed by atoms with E-state index in [0.29, 0.717) is 11.7 Å². The largest absolute Gasteiger partial charge is 0.394 e. The van der Waals surface area contributed by atoms with E-state index in [1.165, 1.54) is 16.9 Å². The van der Waals surface area contributed by atoms with Crippen LogP contribution in [0.4, 0.5) is 5.69 Å². The Bertz CT molecular complexity index is 460. The van der Waals surface area contributed by atoms with Crippen molar-refractivity contribution in [3.05, 3.63) is 21.6 Å². The number of aromatic nitrogens is 2. The summed E-state index contributed by atoms with van der Waals surface area (Å²) < 4.78 is 1.17. The van der Waals surface area contributed by atoms with Gasteiger partial charge in [-0.3, -0.25) is 4.79 Å². The molecule has 0 spiro atoms. The van der Waals surface area contributed by atoms with E-state index in [9.17, 15) is 4.79 Å². The molecule has 0 radical (unpaired) electrons. The molecule has 1 fully saturated rings. The number of thioether (sulfide) groups is 1. The van der Waals surface area contributed by atoms with Crippen LogP contribution in [-0.4, -0.2) is 39.0 Å². The first-order valence-electron chi connectivity index (χ1n) is 5.93. The van der Waals surface area contributed by atoms with Gasteiger partial charge in [0.25, 0.3) is 5.56 Å². The number of rotatable bonds is 4. The molecule has 1 unspecified atom stereocenters. The van der Waals surface area contributed by atoms with Gasteiger partial charge in [0.05, 0.1) is 25.0 Å². The van der Waals surface area contributed by atoms with Gasteiger partial charge < -0.3 is 10.4 Å². The fourth-order valence-corrected chi connectivity index (χ4v) is 3.17. The molecule has 1 aliphatic rings. The number of aliphatic hydroxyl groups is 1. The summed E-state index contributed by atoms with van der Waals surface area (Å²) in [6, 6.07) is 0.344. The van der Waals surface area contributed by atoms with Gasteiger partial charge in [0.15, 0.2) is 0 Å². The van der Waals surface area contributed by atoms with E-state index in [2.05, 4.69) is 10.4 Å². The third-order valence-electron chi connectivity index (χ3n) is 2.82. The topological polar surface area (TPSA) is 67.2 Å². The van der Waals surface area contributed by atoms with E-state index in [4.69, 9.17) is 16.7 Å².